The normalized spacial score (nSPS) is 12.9. The average Bonchev–Trinajstić information content (AvgIpc) is 3.20. The zero-order valence-corrected chi connectivity index (χ0v) is 13.8. The van der Waals surface area contributed by atoms with Crippen LogP contribution in [0.1, 0.15) is 24.7 Å². The van der Waals surface area contributed by atoms with Crippen molar-refractivity contribution in [2.75, 3.05) is 6.79 Å². The van der Waals surface area contributed by atoms with E-state index in [4.69, 9.17) is 14.5 Å². The van der Waals surface area contributed by atoms with Crippen molar-refractivity contribution in [1.82, 2.24) is 14.9 Å². The Labute approximate surface area is 141 Å². The number of hydrogen-bond donors (Lipinski definition) is 1. The van der Waals surface area contributed by atoms with Crippen LogP contribution in [0.2, 0.25) is 0 Å². The van der Waals surface area contributed by atoms with Gasteiger partial charge in [0.05, 0.1) is 17.6 Å². The van der Waals surface area contributed by atoms with E-state index in [0.29, 0.717) is 6.79 Å². The molecule has 2 aromatic carbocycles. The maximum absolute atomic E-state index is 5.43. The number of aryl methyl sites for hydroxylation is 1. The number of nitrogens with one attached hydrogen (secondary N) is 1. The number of hydrogen-bond acceptors (Lipinski definition) is 4. The molecule has 5 heteroatoms. The fourth-order valence-electron chi connectivity index (χ4n) is 3.10. The van der Waals surface area contributed by atoms with Crippen LogP contribution in [0.25, 0.3) is 11.0 Å². The summed E-state index contributed by atoms with van der Waals surface area (Å²) in [5, 5.41) is 3.49. The van der Waals surface area contributed by atoms with Gasteiger partial charge < -0.3 is 19.4 Å². The highest BCUT2D eigenvalue weighted by molar-refractivity contribution is 5.75. The van der Waals surface area contributed by atoms with Crippen molar-refractivity contribution >= 4 is 11.0 Å². The molecule has 4 rings (SSSR count). The second-order valence-electron chi connectivity index (χ2n) is 5.96. The molecule has 0 aliphatic carbocycles. The second-order valence-corrected chi connectivity index (χ2v) is 5.96. The molecule has 0 spiro atoms. The van der Waals surface area contributed by atoms with E-state index in [1.54, 1.807) is 0 Å². The van der Waals surface area contributed by atoms with Crippen molar-refractivity contribution < 1.29 is 9.47 Å². The molecule has 2 heterocycles. The molecule has 0 saturated heterocycles. The minimum Gasteiger partial charge on any atom is -0.454 e. The van der Waals surface area contributed by atoms with E-state index < -0.39 is 0 Å². The van der Waals surface area contributed by atoms with Gasteiger partial charge in [-0.1, -0.05) is 25.1 Å². The van der Waals surface area contributed by atoms with E-state index in [2.05, 4.69) is 41.1 Å². The molecule has 0 unspecified atom stereocenters. The number of para-hydroxylation sites is 2. The first kappa shape index (κ1) is 15.0. The summed E-state index contributed by atoms with van der Waals surface area (Å²) in [4.78, 5) is 4.78. The van der Waals surface area contributed by atoms with E-state index in [1.807, 2.05) is 18.2 Å². The molecule has 0 atom stereocenters. The van der Waals surface area contributed by atoms with Crippen molar-refractivity contribution in [3.8, 4) is 11.5 Å². The number of nitrogens with zero attached hydrogens (tertiary/aromatic N) is 2. The summed E-state index contributed by atoms with van der Waals surface area (Å²) in [6, 6.07) is 14.4. The first-order valence-electron chi connectivity index (χ1n) is 8.38. The number of fused-ring (bicyclic) bond motifs is 2. The molecule has 0 radical (unpaired) electrons. The lowest BCUT2D eigenvalue weighted by Gasteiger charge is -2.09. The molecule has 124 valence electrons. The molecule has 0 amide bonds. The van der Waals surface area contributed by atoms with Crippen molar-refractivity contribution in [1.29, 1.82) is 0 Å². The molecule has 3 aromatic rings. The third-order valence-electron chi connectivity index (χ3n) is 4.23. The van der Waals surface area contributed by atoms with Gasteiger partial charge in [-0.2, -0.15) is 0 Å². The number of rotatable bonds is 6. The van der Waals surface area contributed by atoms with Crippen LogP contribution in [0.5, 0.6) is 11.5 Å². The zero-order chi connectivity index (χ0) is 16.4. The summed E-state index contributed by atoms with van der Waals surface area (Å²) >= 11 is 0. The Balaban J connectivity index is 1.47. The lowest BCUT2D eigenvalue weighted by atomic mass is 10.2. The van der Waals surface area contributed by atoms with Gasteiger partial charge in [0.15, 0.2) is 11.5 Å². The van der Waals surface area contributed by atoms with Crippen LogP contribution in [-0.4, -0.2) is 16.3 Å². The standard InChI is InChI=1S/C19H21N3O2/c1-2-9-22-16-6-4-3-5-15(16)21-19(22)12-20-11-14-7-8-17-18(10-14)24-13-23-17/h3-8,10,20H,2,9,11-13H2,1H3. The topological polar surface area (TPSA) is 48.3 Å². The fourth-order valence-corrected chi connectivity index (χ4v) is 3.10. The fraction of sp³-hybridized carbons (Fsp3) is 0.316. The van der Waals surface area contributed by atoms with Gasteiger partial charge in [-0.3, -0.25) is 0 Å². The monoisotopic (exact) mass is 323 g/mol. The maximum atomic E-state index is 5.43. The highest BCUT2D eigenvalue weighted by Crippen LogP contribution is 2.32. The molecule has 5 nitrogen and oxygen atoms in total. The quantitative estimate of drug-likeness (QED) is 0.755. The summed E-state index contributed by atoms with van der Waals surface area (Å²) in [5.41, 5.74) is 3.45. The average molecular weight is 323 g/mol. The third-order valence-corrected chi connectivity index (χ3v) is 4.23. The maximum Gasteiger partial charge on any atom is 0.231 e. The van der Waals surface area contributed by atoms with Crippen LogP contribution in [0, 0.1) is 0 Å². The molecule has 1 aliphatic rings. The minimum absolute atomic E-state index is 0.313. The van der Waals surface area contributed by atoms with Crippen molar-refractivity contribution in [2.45, 2.75) is 33.0 Å². The Bertz CT molecular complexity index is 857. The Hall–Kier alpha value is -2.53. The minimum atomic E-state index is 0.313. The lowest BCUT2D eigenvalue weighted by Crippen LogP contribution is -2.16. The first-order valence-corrected chi connectivity index (χ1v) is 8.38. The first-order chi connectivity index (χ1) is 11.8. The number of imidazole rings is 1. The Morgan fingerprint density at radius 2 is 1.96 bits per heavy atom. The number of ether oxygens (including phenoxy) is 2. The number of aromatic nitrogens is 2. The van der Waals surface area contributed by atoms with Crippen LogP contribution in [0.15, 0.2) is 42.5 Å². The van der Waals surface area contributed by atoms with E-state index in [1.165, 1.54) is 11.1 Å². The van der Waals surface area contributed by atoms with E-state index in [9.17, 15) is 0 Å². The largest absolute Gasteiger partial charge is 0.454 e. The molecule has 0 saturated carbocycles. The highest BCUT2D eigenvalue weighted by Gasteiger charge is 2.13. The van der Waals surface area contributed by atoms with E-state index >= 15 is 0 Å². The van der Waals surface area contributed by atoms with Gasteiger partial charge in [0.25, 0.3) is 0 Å². The summed E-state index contributed by atoms with van der Waals surface area (Å²) in [5.74, 6) is 2.73. The third kappa shape index (κ3) is 2.83. The summed E-state index contributed by atoms with van der Waals surface area (Å²) in [6.07, 6.45) is 1.09. The molecule has 1 N–H and O–H groups in total. The van der Waals surface area contributed by atoms with Gasteiger partial charge in [0.1, 0.15) is 5.82 Å². The molecular weight excluding hydrogens is 302 g/mol. The van der Waals surface area contributed by atoms with Crippen LogP contribution in [-0.2, 0) is 19.6 Å². The van der Waals surface area contributed by atoms with E-state index in [0.717, 1.165) is 48.9 Å². The van der Waals surface area contributed by atoms with Gasteiger partial charge >= 0.3 is 0 Å². The molecule has 24 heavy (non-hydrogen) atoms. The van der Waals surface area contributed by atoms with Gasteiger partial charge in [-0.15, -0.1) is 0 Å². The van der Waals surface area contributed by atoms with Gasteiger partial charge in [0, 0.05) is 13.1 Å². The Kier molecular flexibility index (Phi) is 4.09. The number of benzene rings is 2. The molecule has 0 bridgehead atoms. The molecular formula is C19H21N3O2. The van der Waals surface area contributed by atoms with Gasteiger partial charge in [-0.25, -0.2) is 4.98 Å². The van der Waals surface area contributed by atoms with Gasteiger partial charge in [0.2, 0.25) is 6.79 Å². The smallest absolute Gasteiger partial charge is 0.231 e. The SMILES string of the molecule is CCCn1c(CNCc2ccc3c(c2)OCO3)nc2ccccc21. The predicted octanol–water partition coefficient (Wildman–Crippen LogP) is 3.46. The Morgan fingerprint density at radius 3 is 2.88 bits per heavy atom. The zero-order valence-electron chi connectivity index (χ0n) is 13.8. The van der Waals surface area contributed by atoms with Crippen molar-refractivity contribution in [3.05, 3.63) is 53.9 Å². The van der Waals surface area contributed by atoms with Gasteiger partial charge in [-0.05, 0) is 36.2 Å². The summed E-state index contributed by atoms with van der Waals surface area (Å²) < 4.78 is 13.1. The van der Waals surface area contributed by atoms with Crippen LogP contribution < -0.4 is 14.8 Å². The molecule has 0 fully saturated rings. The van der Waals surface area contributed by atoms with Crippen LogP contribution in [0.4, 0.5) is 0 Å². The predicted molar refractivity (Wildman–Crippen MR) is 93.1 cm³/mol. The van der Waals surface area contributed by atoms with Crippen molar-refractivity contribution in [3.63, 3.8) is 0 Å². The van der Waals surface area contributed by atoms with Crippen LogP contribution in [0.3, 0.4) is 0 Å². The molecule has 1 aromatic heterocycles. The van der Waals surface area contributed by atoms with Crippen LogP contribution >= 0.6 is 0 Å². The second kappa shape index (κ2) is 6.53. The Morgan fingerprint density at radius 1 is 1.08 bits per heavy atom. The molecule has 1 aliphatic heterocycles. The lowest BCUT2D eigenvalue weighted by molar-refractivity contribution is 0.174. The summed E-state index contributed by atoms with van der Waals surface area (Å²) in [6.45, 7) is 5.00. The van der Waals surface area contributed by atoms with Crippen molar-refractivity contribution in [2.24, 2.45) is 0 Å². The summed E-state index contributed by atoms with van der Waals surface area (Å²) in [7, 11) is 0. The van der Waals surface area contributed by atoms with E-state index in [-0.39, 0.29) is 0 Å². The highest BCUT2D eigenvalue weighted by atomic mass is 16.7.